The highest BCUT2D eigenvalue weighted by Gasteiger charge is 2.14. The zero-order chi connectivity index (χ0) is 15.4. The lowest BCUT2D eigenvalue weighted by atomic mass is 10.0. The van der Waals surface area contributed by atoms with Crippen LogP contribution in [0.4, 0.5) is 0 Å². The van der Waals surface area contributed by atoms with E-state index < -0.39 is 6.10 Å². The van der Waals surface area contributed by atoms with Gasteiger partial charge in [-0.3, -0.25) is 0 Å². The molecule has 0 aliphatic heterocycles. The Morgan fingerprint density at radius 2 is 1.81 bits per heavy atom. The summed E-state index contributed by atoms with van der Waals surface area (Å²) in [5, 5.41) is 11.0. The van der Waals surface area contributed by atoms with Crippen LogP contribution in [0.25, 0.3) is 0 Å². The molecule has 0 aromatic heterocycles. The smallest absolute Gasteiger partial charge is 0.160 e. The minimum absolute atomic E-state index is 0.473. The molecule has 0 saturated heterocycles. The molecule has 3 nitrogen and oxygen atoms in total. The fourth-order valence-corrected chi connectivity index (χ4v) is 3.06. The number of hydrogen-bond acceptors (Lipinski definition) is 3. The summed E-state index contributed by atoms with van der Waals surface area (Å²) in [6.45, 7) is 0. The van der Waals surface area contributed by atoms with Crippen LogP contribution in [0.1, 0.15) is 17.2 Å². The van der Waals surface area contributed by atoms with Crippen LogP contribution in [-0.2, 0) is 6.42 Å². The van der Waals surface area contributed by atoms with Crippen molar-refractivity contribution in [1.82, 2.24) is 0 Å². The molecule has 112 valence electrons. The van der Waals surface area contributed by atoms with E-state index in [4.69, 9.17) is 21.1 Å². The summed E-state index contributed by atoms with van der Waals surface area (Å²) in [5.74, 6) is 1.32. The first-order valence-corrected chi connectivity index (χ1v) is 7.56. The topological polar surface area (TPSA) is 38.7 Å². The third-order valence-electron chi connectivity index (χ3n) is 3.20. The van der Waals surface area contributed by atoms with Crippen molar-refractivity contribution in [3.63, 3.8) is 0 Å². The molecule has 0 bridgehead atoms. The molecule has 0 aliphatic rings. The molecule has 2 rings (SSSR count). The molecule has 0 radical (unpaired) electrons. The minimum atomic E-state index is -0.630. The van der Waals surface area contributed by atoms with Crippen molar-refractivity contribution in [1.29, 1.82) is 0 Å². The van der Waals surface area contributed by atoms with E-state index in [0.29, 0.717) is 22.9 Å². The quantitative estimate of drug-likeness (QED) is 0.847. The number of methoxy groups -OCH3 is 2. The van der Waals surface area contributed by atoms with Gasteiger partial charge in [-0.25, -0.2) is 0 Å². The lowest BCUT2D eigenvalue weighted by Gasteiger charge is -2.15. The third-order valence-corrected chi connectivity index (χ3v) is 4.12. The first-order chi connectivity index (χ1) is 10.0. The second-order valence-corrected chi connectivity index (χ2v) is 5.87. The summed E-state index contributed by atoms with van der Waals surface area (Å²) < 4.78 is 11.3. The van der Waals surface area contributed by atoms with Crippen LogP contribution in [0.3, 0.4) is 0 Å². The Balaban J connectivity index is 2.21. The molecule has 0 aliphatic carbocycles. The van der Waals surface area contributed by atoms with Gasteiger partial charge in [0, 0.05) is 15.9 Å². The maximum absolute atomic E-state index is 10.4. The largest absolute Gasteiger partial charge is 0.493 e. The molecule has 2 aromatic rings. The highest BCUT2D eigenvalue weighted by atomic mass is 79.9. The Morgan fingerprint density at radius 1 is 1.10 bits per heavy atom. The van der Waals surface area contributed by atoms with Crippen molar-refractivity contribution < 1.29 is 14.6 Å². The second kappa shape index (κ2) is 7.16. The lowest BCUT2D eigenvalue weighted by Crippen LogP contribution is -2.03. The number of halogens is 2. The fourth-order valence-electron chi connectivity index (χ4n) is 2.11. The van der Waals surface area contributed by atoms with Gasteiger partial charge in [-0.05, 0) is 35.4 Å². The van der Waals surface area contributed by atoms with Gasteiger partial charge in [0.05, 0.1) is 20.3 Å². The molecule has 0 saturated carbocycles. The molecule has 21 heavy (non-hydrogen) atoms. The molecule has 0 spiro atoms. The number of ether oxygens (including phenoxy) is 2. The number of benzene rings is 2. The highest BCUT2D eigenvalue weighted by molar-refractivity contribution is 9.10. The summed E-state index contributed by atoms with van der Waals surface area (Å²) in [6.07, 6.45) is -0.157. The average Bonchev–Trinajstić information content (AvgIpc) is 2.46. The van der Waals surface area contributed by atoms with E-state index in [1.54, 1.807) is 26.4 Å². The molecule has 0 fully saturated rings. The maximum atomic E-state index is 10.4. The van der Waals surface area contributed by atoms with E-state index in [1.165, 1.54) is 0 Å². The SMILES string of the molecule is COc1ccc(CC(O)c2ccc(Cl)cc2Br)cc1OC. The molecule has 1 unspecified atom stereocenters. The monoisotopic (exact) mass is 370 g/mol. The molecule has 2 aromatic carbocycles. The fraction of sp³-hybridized carbons (Fsp3) is 0.250. The zero-order valence-electron chi connectivity index (χ0n) is 11.8. The van der Waals surface area contributed by atoms with Crippen molar-refractivity contribution in [2.75, 3.05) is 14.2 Å². The average molecular weight is 372 g/mol. The Hall–Kier alpha value is -1.23. The zero-order valence-corrected chi connectivity index (χ0v) is 14.1. The Morgan fingerprint density at radius 3 is 2.43 bits per heavy atom. The van der Waals surface area contributed by atoms with Gasteiger partial charge in [0.15, 0.2) is 11.5 Å². The van der Waals surface area contributed by atoms with Gasteiger partial charge in [0.2, 0.25) is 0 Å². The van der Waals surface area contributed by atoms with Gasteiger partial charge in [-0.1, -0.05) is 39.7 Å². The lowest BCUT2D eigenvalue weighted by molar-refractivity contribution is 0.177. The second-order valence-electron chi connectivity index (χ2n) is 4.58. The predicted octanol–water partition coefficient (Wildman–Crippen LogP) is 4.40. The van der Waals surface area contributed by atoms with Gasteiger partial charge >= 0.3 is 0 Å². The molecular weight excluding hydrogens is 356 g/mol. The Kier molecular flexibility index (Phi) is 5.51. The van der Waals surface area contributed by atoms with Crippen LogP contribution in [0.15, 0.2) is 40.9 Å². The van der Waals surface area contributed by atoms with Crippen molar-refractivity contribution in [3.8, 4) is 11.5 Å². The van der Waals surface area contributed by atoms with Crippen LogP contribution >= 0.6 is 27.5 Å². The Labute approximate surface area is 137 Å². The Bertz CT molecular complexity index is 631. The van der Waals surface area contributed by atoms with Crippen molar-refractivity contribution in [2.45, 2.75) is 12.5 Å². The molecule has 1 N–H and O–H groups in total. The number of aliphatic hydroxyl groups is 1. The summed E-state index contributed by atoms with van der Waals surface area (Å²) in [4.78, 5) is 0. The number of hydrogen-bond donors (Lipinski definition) is 1. The van der Waals surface area contributed by atoms with Gasteiger partial charge < -0.3 is 14.6 Å². The van der Waals surface area contributed by atoms with Gasteiger partial charge in [0.25, 0.3) is 0 Å². The molecule has 5 heteroatoms. The van der Waals surface area contributed by atoms with Crippen LogP contribution in [0.5, 0.6) is 11.5 Å². The first-order valence-electron chi connectivity index (χ1n) is 6.39. The maximum Gasteiger partial charge on any atom is 0.160 e. The number of aliphatic hydroxyl groups excluding tert-OH is 1. The van der Waals surface area contributed by atoms with E-state index in [9.17, 15) is 5.11 Å². The molecule has 0 heterocycles. The normalized spacial score (nSPS) is 12.0. The van der Waals surface area contributed by atoms with Crippen molar-refractivity contribution >= 4 is 27.5 Å². The van der Waals surface area contributed by atoms with Crippen LogP contribution in [0.2, 0.25) is 5.02 Å². The number of rotatable bonds is 5. The summed E-state index contributed by atoms with van der Waals surface area (Å²) in [5.41, 5.74) is 1.76. The molecule has 1 atom stereocenters. The summed E-state index contributed by atoms with van der Waals surface area (Å²) in [7, 11) is 3.19. The van der Waals surface area contributed by atoms with Crippen LogP contribution in [-0.4, -0.2) is 19.3 Å². The standard InChI is InChI=1S/C16H16BrClO3/c1-20-15-6-3-10(8-16(15)21-2)7-14(19)12-5-4-11(18)9-13(12)17/h3-6,8-9,14,19H,7H2,1-2H3. The van der Waals surface area contributed by atoms with Gasteiger partial charge in [-0.15, -0.1) is 0 Å². The van der Waals surface area contributed by atoms with E-state index in [2.05, 4.69) is 15.9 Å². The molecular formula is C16H16BrClO3. The highest BCUT2D eigenvalue weighted by Crippen LogP contribution is 2.32. The summed E-state index contributed by atoms with van der Waals surface area (Å²) >= 11 is 9.34. The first kappa shape index (κ1) is 16.1. The third kappa shape index (κ3) is 3.90. The van der Waals surface area contributed by atoms with Gasteiger partial charge in [-0.2, -0.15) is 0 Å². The van der Waals surface area contributed by atoms with Gasteiger partial charge in [0.1, 0.15) is 0 Å². The van der Waals surface area contributed by atoms with Crippen molar-refractivity contribution in [2.24, 2.45) is 0 Å². The van der Waals surface area contributed by atoms with E-state index in [-0.39, 0.29) is 0 Å². The van der Waals surface area contributed by atoms with Crippen LogP contribution < -0.4 is 9.47 Å². The van der Waals surface area contributed by atoms with E-state index >= 15 is 0 Å². The van der Waals surface area contributed by atoms with E-state index in [0.717, 1.165) is 15.6 Å². The minimum Gasteiger partial charge on any atom is -0.493 e. The van der Waals surface area contributed by atoms with Crippen molar-refractivity contribution in [3.05, 3.63) is 57.0 Å². The molecule has 0 amide bonds. The van der Waals surface area contributed by atoms with Crippen LogP contribution in [0, 0.1) is 0 Å². The predicted molar refractivity (Wildman–Crippen MR) is 87.4 cm³/mol. The van der Waals surface area contributed by atoms with E-state index in [1.807, 2.05) is 24.3 Å². The summed E-state index contributed by atoms with van der Waals surface area (Å²) in [6, 6.07) is 11.0.